The number of rotatable bonds is 5. The van der Waals surface area contributed by atoms with Gasteiger partial charge in [-0.15, -0.1) is 0 Å². The summed E-state index contributed by atoms with van der Waals surface area (Å²) in [5, 5.41) is 3.87. The van der Waals surface area contributed by atoms with Crippen LogP contribution in [0.2, 0.25) is 10.0 Å². The minimum absolute atomic E-state index is 0.0108. The second-order valence-electron chi connectivity index (χ2n) is 6.68. The fourth-order valence-corrected chi connectivity index (χ4v) is 4.31. The highest BCUT2D eigenvalue weighted by Crippen LogP contribution is 2.38. The fraction of sp³-hybridized carbons (Fsp3) is 0.381. The summed E-state index contributed by atoms with van der Waals surface area (Å²) in [4.78, 5) is 12.8. The maximum absolute atomic E-state index is 12.8. The van der Waals surface area contributed by atoms with Crippen molar-refractivity contribution in [3.05, 3.63) is 57.6 Å². The van der Waals surface area contributed by atoms with Gasteiger partial charge in [-0.25, -0.2) is 0 Å². The van der Waals surface area contributed by atoms with E-state index in [0.29, 0.717) is 27.1 Å². The second kappa shape index (κ2) is 8.85. The van der Waals surface area contributed by atoms with Gasteiger partial charge in [0.1, 0.15) is 0 Å². The van der Waals surface area contributed by atoms with Gasteiger partial charge in [0.05, 0.1) is 29.8 Å². The van der Waals surface area contributed by atoms with Crippen LogP contribution in [0, 0.1) is 0 Å². The van der Waals surface area contributed by atoms with Crippen LogP contribution in [-0.2, 0) is 0 Å². The number of halogens is 2. The monoisotopic (exact) mass is 407 g/mol. The SMILES string of the molecule is COc1ccc([C@H]2CCCC[C@H]2NC(=O)c2c(Cl)cccc2Cl)cc1OC. The molecule has 1 saturated carbocycles. The molecule has 0 bridgehead atoms. The van der Waals surface area contributed by atoms with Gasteiger partial charge < -0.3 is 14.8 Å². The molecule has 0 aliphatic heterocycles. The Morgan fingerprint density at radius 2 is 1.67 bits per heavy atom. The zero-order chi connectivity index (χ0) is 19.4. The van der Waals surface area contributed by atoms with Crippen LogP contribution >= 0.6 is 23.2 Å². The van der Waals surface area contributed by atoms with Gasteiger partial charge in [-0.05, 0) is 42.7 Å². The van der Waals surface area contributed by atoms with Crippen molar-refractivity contribution in [1.29, 1.82) is 0 Å². The Morgan fingerprint density at radius 1 is 1.00 bits per heavy atom. The molecule has 0 saturated heterocycles. The fourth-order valence-electron chi connectivity index (χ4n) is 3.74. The van der Waals surface area contributed by atoms with Crippen molar-refractivity contribution in [2.45, 2.75) is 37.6 Å². The van der Waals surface area contributed by atoms with E-state index in [-0.39, 0.29) is 17.9 Å². The summed E-state index contributed by atoms with van der Waals surface area (Å²) >= 11 is 12.4. The maximum atomic E-state index is 12.8. The van der Waals surface area contributed by atoms with Crippen molar-refractivity contribution < 1.29 is 14.3 Å². The third-order valence-electron chi connectivity index (χ3n) is 5.11. The van der Waals surface area contributed by atoms with E-state index in [0.717, 1.165) is 31.2 Å². The number of hydrogen-bond acceptors (Lipinski definition) is 3. The Labute approximate surface area is 169 Å². The number of methoxy groups -OCH3 is 2. The van der Waals surface area contributed by atoms with Crippen LogP contribution in [0.1, 0.15) is 47.5 Å². The Balaban J connectivity index is 1.85. The maximum Gasteiger partial charge on any atom is 0.254 e. The molecule has 1 aliphatic rings. The van der Waals surface area contributed by atoms with E-state index >= 15 is 0 Å². The lowest BCUT2D eigenvalue weighted by Gasteiger charge is -2.33. The van der Waals surface area contributed by atoms with E-state index < -0.39 is 0 Å². The average molecular weight is 408 g/mol. The van der Waals surface area contributed by atoms with E-state index in [4.69, 9.17) is 32.7 Å². The molecule has 2 aromatic carbocycles. The van der Waals surface area contributed by atoms with Crippen LogP contribution in [0.3, 0.4) is 0 Å². The molecule has 144 valence electrons. The van der Waals surface area contributed by atoms with E-state index in [9.17, 15) is 4.79 Å². The second-order valence-corrected chi connectivity index (χ2v) is 7.50. The molecule has 1 amide bonds. The van der Waals surface area contributed by atoms with Crippen molar-refractivity contribution in [2.75, 3.05) is 14.2 Å². The first-order valence-corrected chi connectivity index (χ1v) is 9.77. The molecule has 0 spiro atoms. The van der Waals surface area contributed by atoms with Gasteiger partial charge in [-0.1, -0.05) is 48.2 Å². The molecular weight excluding hydrogens is 385 g/mol. The van der Waals surface area contributed by atoms with Gasteiger partial charge in [-0.2, -0.15) is 0 Å². The lowest BCUT2D eigenvalue weighted by Crippen LogP contribution is -2.41. The Hall–Kier alpha value is -1.91. The van der Waals surface area contributed by atoms with Crippen LogP contribution in [0.25, 0.3) is 0 Å². The quantitative estimate of drug-likeness (QED) is 0.714. The predicted octanol–water partition coefficient (Wildman–Crippen LogP) is 5.47. The number of carbonyl (C=O) groups excluding carboxylic acids is 1. The molecule has 2 atom stereocenters. The van der Waals surface area contributed by atoms with E-state index in [2.05, 4.69) is 5.32 Å². The summed E-state index contributed by atoms with van der Waals surface area (Å²) in [5.41, 5.74) is 1.46. The molecule has 4 nitrogen and oxygen atoms in total. The van der Waals surface area contributed by atoms with Crippen LogP contribution in [0.15, 0.2) is 36.4 Å². The Bertz CT molecular complexity index is 805. The molecule has 2 aromatic rings. The number of carbonyl (C=O) groups is 1. The first-order chi connectivity index (χ1) is 13.0. The summed E-state index contributed by atoms with van der Waals surface area (Å²) in [5.74, 6) is 1.35. The first-order valence-electron chi connectivity index (χ1n) is 9.02. The van der Waals surface area contributed by atoms with Crippen LogP contribution in [0.4, 0.5) is 0 Å². The molecular formula is C21H23Cl2NO3. The lowest BCUT2D eigenvalue weighted by atomic mass is 9.79. The topological polar surface area (TPSA) is 47.6 Å². The molecule has 0 heterocycles. The summed E-state index contributed by atoms with van der Waals surface area (Å²) in [6.45, 7) is 0. The van der Waals surface area contributed by atoms with E-state index in [1.807, 2.05) is 18.2 Å². The molecule has 0 radical (unpaired) electrons. The molecule has 6 heteroatoms. The number of ether oxygens (including phenoxy) is 2. The summed E-state index contributed by atoms with van der Waals surface area (Å²) in [6, 6.07) is 11.0. The lowest BCUT2D eigenvalue weighted by molar-refractivity contribution is 0.0921. The Kier molecular flexibility index (Phi) is 6.51. The van der Waals surface area contributed by atoms with Gasteiger partial charge in [0.2, 0.25) is 0 Å². The smallest absolute Gasteiger partial charge is 0.254 e. The van der Waals surface area contributed by atoms with Gasteiger partial charge in [0, 0.05) is 12.0 Å². The van der Waals surface area contributed by atoms with Crippen molar-refractivity contribution in [1.82, 2.24) is 5.32 Å². The normalized spacial score (nSPS) is 19.4. The van der Waals surface area contributed by atoms with Crippen LogP contribution in [0.5, 0.6) is 11.5 Å². The van der Waals surface area contributed by atoms with Crippen LogP contribution in [-0.4, -0.2) is 26.2 Å². The molecule has 27 heavy (non-hydrogen) atoms. The number of nitrogens with one attached hydrogen (secondary N) is 1. The van der Waals surface area contributed by atoms with E-state index in [1.54, 1.807) is 32.4 Å². The number of benzene rings is 2. The number of hydrogen-bond donors (Lipinski definition) is 1. The summed E-state index contributed by atoms with van der Waals surface area (Å²) in [6.07, 6.45) is 4.10. The zero-order valence-electron chi connectivity index (χ0n) is 15.4. The third-order valence-corrected chi connectivity index (χ3v) is 5.74. The molecule has 0 aromatic heterocycles. The van der Waals surface area contributed by atoms with Crippen molar-refractivity contribution in [3.8, 4) is 11.5 Å². The summed E-state index contributed by atoms with van der Waals surface area (Å²) in [7, 11) is 3.25. The molecule has 1 fully saturated rings. The standard InChI is InChI=1S/C21H23Cl2NO3/c1-26-18-11-10-13(12-19(18)27-2)14-6-3-4-9-17(14)24-21(25)20-15(22)7-5-8-16(20)23/h5,7-8,10-12,14,17H,3-4,6,9H2,1-2H3,(H,24,25)/t14-,17-/m1/s1. The van der Waals surface area contributed by atoms with Crippen molar-refractivity contribution in [3.63, 3.8) is 0 Å². The van der Waals surface area contributed by atoms with Gasteiger partial charge >= 0.3 is 0 Å². The van der Waals surface area contributed by atoms with E-state index in [1.165, 1.54) is 0 Å². The third kappa shape index (κ3) is 4.33. The minimum Gasteiger partial charge on any atom is -0.493 e. The predicted molar refractivity (Wildman–Crippen MR) is 108 cm³/mol. The number of amides is 1. The highest BCUT2D eigenvalue weighted by molar-refractivity contribution is 6.39. The van der Waals surface area contributed by atoms with Crippen molar-refractivity contribution in [2.24, 2.45) is 0 Å². The molecule has 1 aliphatic carbocycles. The molecule has 1 N–H and O–H groups in total. The first kappa shape index (κ1) is 19.8. The van der Waals surface area contributed by atoms with Gasteiger partial charge in [0.15, 0.2) is 11.5 Å². The molecule has 3 rings (SSSR count). The Morgan fingerprint density at radius 3 is 2.33 bits per heavy atom. The summed E-state index contributed by atoms with van der Waals surface area (Å²) < 4.78 is 10.8. The van der Waals surface area contributed by atoms with Gasteiger partial charge in [0.25, 0.3) is 5.91 Å². The minimum atomic E-state index is -0.233. The largest absolute Gasteiger partial charge is 0.493 e. The average Bonchev–Trinajstić information content (AvgIpc) is 2.67. The zero-order valence-corrected chi connectivity index (χ0v) is 16.9. The molecule has 0 unspecified atom stereocenters. The van der Waals surface area contributed by atoms with Gasteiger partial charge in [-0.3, -0.25) is 4.79 Å². The van der Waals surface area contributed by atoms with Crippen molar-refractivity contribution >= 4 is 29.1 Å². The van der Waals surface area contributed by atoms with Crippen LogP contribution < -0.4 is 14.8 Å². The highest BCUT2D eigenvalue weighted by atomic mass is 35.5. The highest BCUT2D eigenvalue weighted by Gasteiger charge is 2.29.